The number of nitrogens with zero attached hydrogens (tertiary/aromatic N) is 1. The van der Waals surface area contributed by atoms with Crippen LogP contribution in [-0.2, 0) is 10.0 Å². The van der Waals surface area contributed by atoms with Gasteiger partial charge in [0.2, 0.25) is 0 Å². The molecule has 0 aliphatic carbocycles. The SMILES string of the molecule is CC(C)N(CCNC(=O)c1cccc(S(=O)(=O)Nc2ccc(F)cc2)c1)C(C)C. The number of benzene rings is 2. The molecule has 0 aromatic heterocycles. The lowest BCUT2D eigenvalue weighted by atomic mass is 10.2. The van der Waals surface area contributed by atoms with Crippen LogP contribution in [0, 0.1) is 5.82 Å². The standard InChI is InChI=1S/C21H28FN3O3S/c1-15(2)25(16(3)4)13-12-23-21(26)17-6-5-7-20(14-17)29(27,28)24-19-10-8-18(22)9-11-19/h5-11,14-16,24H,12-13H2,1-4H3,(H,23,26). The number of anilines is 1. The second kappa shape index (κ2) is 9.84. The molecule has 8 heteroatoms. The van der Waals surface area contributed by atoms with Crippen LogP contribution in [0.4, 0.5) is 10.1 Å². The number of amides is 1. The van der Waals surface area contributed by atoms with E-state index in [9.17, 15) is 17.6 Å². The zero-order valence-corrected chi connectivity index (χ0v) is 18.0. The molecule has 1 amide bonds. The van der Waals surface area contributed by atoms with Gasteiger partial charge in [0, 0.05) is 36.4 Å². The third kappa shape index (κ3) is 6.54. The van der Waals surface area contributed by atoms with Crippen molar-refractivity contribution in [1.82, 2.24) is 10.2 Å². The summed E-state index contributed by atoms with van der Waals surface area (Å²) in [6.45, 7) is 9.56. The van der Waals surface area contributed by atoms with Gasteiger partial charge in [0.15, 0.2) is 0 Å². The lowest BCUT2D eigenvalue weighted by molar-refractivity contribution is 0.0939. The van der Waals surface area contributed by atoms with Crippen LogP contribution in [0.5, 0.6) is 0 Å². The van der Waals surface area contributed by atoms with Crippen LogP contribution in [0.2, 0.25) is 0 Å². The second-order valence-electron chi connectivity index (χ2n) is 7.32. The average molecular weight is 422 g/mol. The number of carbonyl (C=O) groups excluding carboxylic acids is 1. The summed E-state index contributed by atoms with van der Waals surface area (Å²) in [4.78, 5) is 14.7. The third-order valence-electron chi connectivity index (χ3n) is 4.49. The minimum Gasteiger partial charge on any atom is -0.351 e. The molecule has 6 nitrogen and oxygen atoms in total. The Morgan fingerprint density at radius 2 is 1.66 bits per heavy atom. The lowest BCUT2D eigenvalue weighted by Gasteiger charge is -2.30. The van der Waals surface area contributed by atoms with Crippen molar-refractivity contribution in [1.29, 1.82) is 0 Å². The second-order valence-corrected chi connectivity index (χ2v) is 9.00. The molecular weight excluding hydrogens is 393 g/mol. The Labute approximate surface area is 172 Å². The van der Waals surface area contributed by atoms with Crippen LogP contribution >= 0.6 is 0 Å². The van der Waals surface area contributed by atoms with Gasteiger partial charge in [-0.25, -0.2) is 12.8 Å². The first-order chi connectivity index (χ1) is 13.6. The smallest absolute Gasteiger partial charge is 0.261 e. The molecule has 0 saturated heterocycles. The minimum absolute atomic E-state index is 0.0412. The van der Waals surface area contributed by atoms with Gasteiger partial charge in [-0.3, -0.25) is 14.4 Å². The molecule has 0 saturated carbocycles. The predicted molar refractivity (Wildman–Crippen MR) is 113 cm³/mol. The van der Waals surface area contributed by atoms with Crippen LogP contribution < -0.4 is 10.0 Å². The summed E-state index contributed by atoms with van der Waals surface area (Å²) in [5.41, 5.74) is 0.497. The number of rotatable bonds is 9. The fourth-order valence-corrected chi connectivity index (χ4v) is 4.15. The first-order valence-corrected chi connectivity index (χ1v) is 11.0. The van der Waals surface area contributed by atoms with Crippen molar-refractivity contribution in [2.45, 2.75) is 44.7 Å². The summed E-state index contributed by atoms with van der Waals surface area (Å²) in [7, 11) is -3.90. The van der Waals surface area contributed by atoms with E-state index in [1.165, 1.54) is 42.5 Å². The zero-order valence-electron chi connectivity index (χ0n) is 17.1. The number of carbonyl (C=O) groups is 1. The van der Waals surface area contributed by atoms with E-state index in [0.29, 0.717) is 25.2 Å². The van der Waals surface area contributed by atoms with Gasteiger partial charge in [-0.05, 0) is 70.2 Å². The van der Waals surface area contributed by atoms with Crippen molar-refractivity contribution in [3.63, 3.8) is 0 Å². The van der Waals surface area contributed by atoms with Crippen molar-refractivity contribution >= 4 is 21.6 Å². The molecule has 0 atom stereocenters. The topological polar surface area (TPSA) is 78.5 Å². The van der Waals surface area contributed by atoms with Crippen molar-refractivity contribution in [2.24, 2.45) is 0 Å². The van der Waals surface area contributed by atoms with Gasteiger partial charge in [0.25, 0.3) is 15.9 Å². The molecule has 2 rings (SSSR count). The Balaban J connectivity index is 2.05. The average Bonchev–Trinajstić information content (AvgIpc) is 2.66. The molecule has 0 bridgehead atoms. The maximum absolute atomic E-state index is 13.0. The molecule has 0 radical (unpaired) electrons. The molecule has 0 heterocycles. The van der Waals surface area contributed by atoms with Crippen molar-refractivity contribution in [2.75, 3.05) is 17.8 Å². The number of sulfonamides is 1. The van der Waals surface area contributed by atoms with E-state index in [-0.39, 0.29) is 22.1 Å². The molecule has 0 unspecified atom stereocenters. The first kappa shape index (κ1) is 22.8. The van der Waals surface area contributed by atoms with E-state index >= 15 is 0 Å². The van der Waals surface area contributed by atoms with Crippen LogP contribution in [0.3, 0.4) is 0 Å². The fraction of sp³-hybridized carbons (Fsp3) is 0.381. The number of hydrogen-bond donors (Lipinski definition) is 2. The number of hydrogen-bond acceptors (Lipinski definition) is 4. The van der Waals surface area contributed by atoms with Gasteiger partial charge in [0.05, 0.1) is 4.90 Å². The summed E-state index contributed by atoms with van der Waals surface area (Å²) in [6.07, 6.45) is 0. The fourth-order valence-electron chi connectivity index (χ4n) is 3.05. The zero-order chi connectivity index (χ0) is 21.6. The maximum atomic E-state index is 13.0. The molecular formula is C21H28FN3O3S. The van der Waals surface area contributed by atoms with Crippen molar-refractivity contribution in [3.05, 3.63) is 59.9 Å². The van der Waals surface area contributed by atoms with E-state index in [1.54, 1.807) is 6.07 Å². The Morgan fingerprint density at radius 3 is 2.24 bits per heavy atom. The Hall–Kier alpha value is -2.45. The predicted octanol–water partition coefficient (Wildman–Crippen LogP) is 3.48. The molecule has 0 fully saturated rings. The molecule has 2 N–H and O–H groups in total. The van der Waals surface area contributed by atoms with Gasteiger partial charge in [-0.2, -0.15) is 0 Å². The summed E-state index contributed by atoms with van der Waals surface area (Å²) < 4.78 is 40.5. The highest BCUT2D eigenvalue weighted by Gasteiger charge is 2.17. The molecule has 0 spiro atoms. The van der Waals surface area contributed by atoms with Crippen LogP contribution in [-0.4, -0.2) is 44.4 Å². The minimum atomic E-state index is -3.90. The Kier molecular flexibility index (Phi) is 7.75. The van der Waals surface area contributed by atoms with Crippen LogP contribution in [0.1, 0.15) is 38.1 Å². The quantitative estimate of drug-likeness (QED) is 0.650. The van der Waals surface area contributed by atoms with E-state index in [4.69, 9.17) is 0 Å². The molecule has 2 aromatic carbocycles. The molecule has 0 aliphatic rings. The highest BCUT2D eigenvalue weighted by atomic mass is 32.2. The van der Waals surface area contributed by atoms with Crippen molar-refractivity contribution in [3.8, 4) is 0 Å². The van der Waals surface area contributed by atoms with Gasteiger partial charge >= 0.3 is 0 Å². The summed E-state index contributed by atoms with van der Waals surface area (Å²) in [5.74, 6) is -0.795. The van der Waals surface area contributed by atoms with E-state index < -0.39 is 15.8 Å². The van der Waals surface area contributed by atoms with Gasteiger partial charge in [-0.1, -0.05) is 6.07 Å². The highest BCUT2D eigenvalue weighted by molar-refractivity contribution is 7.92. The Morgan fingerprint density at radius 1 is 1.03 bits per heavy atom. The molecule has 29 heavy (non-hydrogen) atoms. The van der Waals surface area contributed by atoms with Crippen molar-refractivity contribution < 1.29 is 17.6 Å². The number of nitrogens with one attached hydrogen (secondary N) is 2. The Bertz CT molecular complexity index is 920. The van der Waals surface area contributed by atoms with E-state index in [1.807, 2.05) is 0 Å². The van der Waals surface area contributed by atoms with E-state index in [2.05, 4.69) is 42.6 Å². The van der Waals surface area contributed by atoms with Crippen LogP contribution in [0.25, 0.3) is 0 Å². The normalized spacial score (nSPS) is 11.9. The third-order valence-corrected chi connectivity index (χ3v) is 5.86. The first-order valence-electron chi connectivity index (χ1n) is 9.52. The maximum Gasteiger partial charge on any atom is 0.261 e. The van der Waals surface area contributed by atoms with E-state index in [0.717, 1.165) is 0 Å². The lowest BCUT2D eigenvalue weighted by Crippen LogP contribution is -2.42. The largest absolute Gasteiger partial charge is 0.351 e. The summed E-state index contributed by atoms with van der Waals surface area (Å²) in [5, 5.41) is 2.84. The summed E-state index contributed by atoms with van der Waals surface area (Å²) in [6, 6.07) is 11.5. The monoisotopic (exact) mass is 421 g/mol. The molecule has 158 valence electrons. The van der Waals surface area contributed by atoms with Crippen LogP contribution in [0.15, 0.2) is 53.4 Å². The molecule has 2 aromatic rings. The highest BCUT2D eigenvalue weighted by Crippen LogP contribution is 2.17. The van der Waals surface area contributed by atoms with Gasteiger partial charge < -0.3 is 5.32 Å². The van der Waals surface area contributed by atoms with Gasteiger partial charge in [-0.15, -0.1) is 0 Å². The molecule has 0 aliphatic heterocycles. The van der Waals surface area contributed by atoms with Gasteiger partial charge in [0.1, 0.15) is 5.82 Å². The summed E-state index contributed by atoms with van der Waals surface area (Å²) >= 11 is 0. The number of halogens is 1.